The SMILES string of the molecule is COc1cc(C=Nc2cccc(CO)c2)cc(OC)c1OC. The summed E-state index contributed by atoms with van der Waals surface area (Å²) in [6.07, 6.45) is 1.71. The van der Waals surface area contributed by atoms with Crippen LogP contribution >= 0.6 is 0 Å². The van der Waals surface area contributed by atoms with Gasteiger partial charge >= 0.3 is 0 Å². The van der Waals surface area contributed by atoms with Gasteiger partial charge in [0.15, 0.2) is 11.5 Å². The molecule has 0 amide bonds. The maximum atomic E-state index is 9.14. The summed E-state index contributed by atoms with van der Waals surface area (Å²) < 4.78 is 15.9. The van der Waals surface area contributed by atoms with E-state index in [0.717, 1.165) is 16.8 Å². The molecular formula is C17H19NO4. The molecule has 5 nitrogen and oxygen atoms in total. The Hall–Kier alpha value is -2.53. The lowest BCUT2D eigenvalue weighted by Gasteiger charge is -2.12. The Bertz CT molecular complexity index is 642. The molecule has 2 aromatic carbocycles. The number of hydrogen-bond acceptors (Lipinski definition) is 5. The first kappa shape index (κ1) is 15.9. The molecule has 22 heavy (non-hydrogen) atoms. The zero-order valence-electron chi connectivity index (χ0n) is 12.9. The minimum atomic E-state index is -0.00641. The first-order valence-electron chi connectivity index (χ1n) is 6.75. The van der Waals surface area contributed by atoms with Crippen molar-refractivity contribution in [3.05, 3.63) is 47.5 Å². The van der Waals surface area contributed by atoms with E-state index in [4.69, 9.17) is 19.3 Å². The normalized spacial score (nSPS) is 10.7. The lowest BCUT2D eigenvalue weighted by atomic mass is 10.2. The van der Waals surface area contributed by atoms with Crippen molar-refractivity contribution in [3.63, 3.8) is 0 Å². The molecule has 0 aromatic heterocycles. The van der Waals surface area contributed by atoms with Crippen LogP contribution in [0.2, 0.25) is 0 Å². The molecule has 0 aliphatic heterocycles. The highest BCUT2D eigenvalue weighted by atomic mass is 16.5. The molecule has 5 heteroatoms. The van der Waals surface area contributed by atoms with Crippen LogP contribution in [0.5, 0.6) is 17.2 Å². The summed E-state index contributed by atoms with van der Waals surface area (Å²) in [7, 11) is 4.71. The van der Waals surface area contributed by atoms with Crippen molar-refractivity contribution in [2.45, 2.75) is 6.61 Å². The van der Waals surface area contributed by atoms with E-state index in [1.807, 2.05) is 36.4 Å². The summed E-state index contributed by atoms with van der Waals surface area (Å²) in [5.74, 6) is 1.70. The number of aliphatic imine (C=N–C) groups is 1. The number of ether oxygens (including phenoxy) is 3. The first-order chi connectivity index (χ1) is 10.7. The Morgan fingerprint density at radius 3 is 2.23 bits per heavy atom. The van der Waals surface area contributed by atoms with E-state index in [1.165, 1.54) is 0 Å². The molecule has 0 fully saturated rings. The molecule has 0 unspecified atom stereocenters. The average Bonchev–Trinajstić information content (AvgIpc) is 2.58. The first-order valence-corrected chi connectivity index (χ1v) is 6.75. The Morgan fingerprint density at radius 1 is 1.00 bits per heavy atom. The Morgan fingerprint density at radius 2 is 1.68 bits per heavy atom. The standard InChI is InChI=1S/C17H19NO4/c1-20-15-8-13(9-16(21-2)17(15)22-3)10-18-14-6-4-5-12(7-14)11-19/h4-10,19H,11H2,1-3H3. The van der Waals surface area contributed by atoms with Crippen LogP contribution in [0.15, 0.2) is 41.4 Å². The number of aliphatic hydroxyl groups is 1. The molecule has 0 radical (unpaired) electrons. The molecule has 2 rings (SSSR count). The topological polar surface area (TPSA) is 60.3 Å². The van der Waals surface area contributed by atoms with E-state index < -0.39 is 0 Å². The second-order valence-electron chi connectivity index (χ2n) is 4.54. The van der Waals surface area contributed by atoms with Crippen LogP contribution in [-0.4, -0.2) is 32.7 Å². The third-order valence-electron chi connectivity index (χ3n) is 3.14. The van der Waals surface area contributed by atoms with Crippen molar-refractivity contribution < 1.29 is 19.3 Å². The zero-order chi connectivity index (χ0) is 15.9. The van der Waals surface area contributed by atoms with Crippen LogP contribution in [0.1, 0.15) is 11.1 Å². The van der Waals surface area contributed by atoms with Crippen molar-refractivity contribution in [1.82, 2.24) is 0 Å². The van der Waals surface area contributed by atoms with E-state index in [2.05, 4.69) is 4.99 Å². The van der Waals surface area contributed by atoms with E-state index >= 15 is 0 Å². The lowest BCUT2D eigenvalue weighted by molar-refractivity contribution is 0.282. The van der Waals surface area contributed by atoms with Crippen molar-refractivity contribution >= 4 is 11.9 Å². The Kier molecular flexibility index (Phi) is 5.38. The number of nitrogens with zero attached hydrogens (tertiary/aromatic N) is 1. The number of hydrogen-bond donors (Lipinski definition) is 1. The van der Waals surface area contributed by atoms with Gasteiger partial charge < -0.3 is 19.3 Å². The van der Waals surface area contributed by atoms with E-state index in [9.17, 15) is 0 Å². The van der Waals surface area contributed by atoms with Gasteiger partial charge in [0.05, 0.1) is 33.6 Å². The minimum Gasteiger partial charge on any atom is -0.493 e. The maximum Gasteiger partial charge on any atom is 0.203 e. The van der Waals surface area contributed by atoms with Gasteiger partial charge in [0.2, 0.25) is 5.75 Å². The highest BCUT2D eigenvalue weighted by Gasteiger charge is 2.12. The zero-order valence-corrected chi connectivity index (χ0v) is 12.9. The van der Waals surface area contributed by atoms with E-state index in [-0.39, 0.29) is 6.61 Å². The van der Waals surface area contributed by atoms with Gasteiger partial charge in [-0.15, -0.1) is 0 Å². The fraction of sp³-hybridized carbons (Fsp3) is 0.235. The summed E-state index contributed by atoms with van der Waals surface area (Å²) in [5, 5.41) is 9.14. The van der Waals surface area contributed by atoms with Crippen LogP contribution < -0.4 is 14.2 Å². The molecule has 0 atom stereocenters. The number of rotatable bonds is 6. The highest BCUT2D eigenvalue weighted by Crippen LogP contribution is 2.37. The van der Waals surface area contributed by atoms with Crippen LogP contribution in [0.25, 0.3) is 0 Å². The van der Waals surface area contributed by atoms with Gasteiger partial charge in [-0.05, 0) is 29.8 Å². The second kappa shape index (κ2) is 7.47. The van der Waals surface area contributed by atoms with Gasteiger partial charge in [0.1, 0.15) is 0 Å². The average molecular weight is 301 g/mol. The lowest BCUT2D eigenvalue weighted by Crippen LogP contribution is -1.96. The monoisotopic (exact) mass is 301 g/mol. The summed E-state index contributed by atoms with van der Waals surface area (Å²) in [6.45, 7) is -0.00641. The summed E-state index contributed by atoms with van der Waals surface area (Å²) in [6, 6.07) is 11.0. The number of benzene rings is 2. The fourth-order valence-corrected chi connectivity index (χ4v) is 2.06. The molecule has 2 aromatic rings. The fourth-order valence-electron chi connectivity index (χ4n) is 2.06. The van der Waals surface area contributed by atoms with Crippen molar-refractivity contribution in [1.29, 1.82) is 0 Å². The smallest absolute Gasteiger partial charge is 0.203 e. The molecule has 0 aliphatic carbocycles. The molecule has 0 saturated carbocycles. The second-order valence-corrected chi connectivity index (χ2v) is 4.54. The third-order valence-corrected chi connectivity index (χ3v) is 3.14. The molecule has 0 bridgehead atoms. The quantitative estimate of drug-likeness (QED) is 0.833. The van der Waals surface area contributed by atoms with E-state index in [1.54, 1.807) is 27.5 Å². The van der Waals surface area contributed by atoms with E-state index in [0.29, 0.717) is 17.2 Å². The molecular weight excluding hydrogens is 282 g/mol. The molecule has 0 saturated heterocycles. The summed E-state index contributed by atoms with van der Waals surface area (Å²) >= 11 is 0. The van der Waals surface area contributed by atoms with Crippen molar-refractivity contribution in [2.75, 3.05) is 21.3 Å². The van der Waals surface area contributed by atoms with Gasteiger partial charge in [-0.1, -0.05) is 12.1 Å². The molecule has 0 spiro atoms. The Labute approximate surface area is 129 Å². The van der Waals surface area contributed by atoms with Crippen LogP contribution in [-0.2, 0) is 6.61 Å². The van der Waals surface area contributed by atoms with Gasteiger partial charge in [-0.3, -0.25) is 4.99 Å². The summed E-state index contributed by atoms with van der Waals surface area (Å²) in [4.78, 5) is 4.40. The predicted molar refractivity (Wildman–Crippen MR) is 85.7 cm³/mol. The van der Waals surface area contributed by atoms with Gasteiger partial charge in [-0.2, -0.15) is 0 Å². The molecule has 1 N–H and O–H groups in total. The molecule has 0 heterocycles. The number of aliphatic hydroxyl groups excluding tert-OH is 1. The minimum absolute atomic E-state index is 0.00641. The van der Waals surface area contributed by atoms with Crippen LogP contribution in [0.3, 0.4) is 0 Å². The van der Waals surface area contributed by atoms with Gasteiger partial charge in [-0.25, -0.2) is 0 Å². The summed E-state index contributed by atoms with van der Waals surface area (Å²) in [5.41, 5.74) is 2.41. The van der Waals surface area contributed by atoms with Crippen molar-refractivity contribution in [3.8, 4) is 17.2 Å². The number of methoxy groups -OCH3 is 3. The third kappa shape index (κ3) is 3.56. The van der Waals surface area contributed by atoms with Gasteiger partial charge in [0, 0.05) is 11.8 Å². The van der Waals surface area contributed by atoms with Gasteiger partial charge in [0.25, 0.3) is 0 Å². The highest BCUT2D eigenvalue weighted by molar-refractivity contribution is 5.84. The maximum absolute atomic E-state index is 9.14. The Balaban J connectivity index is 2.34. The largest absolute Gasteiger partial charge is 0.493 e. The molecule has 116 valence electrons. The predicted octanol–water partition coefficient (Wildman–Crippen LogP) is 2.96. The molecule has 0 aliphatic rings. The van der Waals surface area contributed by atoms with Crippen molar-refractivity contribution in [2.24, 2.45) is 4.99 Å². The van der Waals surface area contributed by atoms with Crippen LogP contribution in [0.4, 0.5) is 5.69 Å². The van der Waals surface area contributed by atoms with Crippen LogP contribution in [0, 0.1) is 0 Å².